The third kappa shape index (κ3) is 3.41. The van der Waals surface area contributed by atoms with Gasteiger partial charge in [-0.15, -0.1) is 0 Å². The Bertz CT molecular complexity index is 641. The maximum atomic E-state index is 11.4. The summed E-state index contributed by atoms with van der Waals surface area (Å²) in [4.78, 5) is 11.4. The molecule has 5 nitrogen and oxygen atoms in total. The Morgan fingerprint density at radius 3 is 2.35 bits per heavy atom. The molecule has 1 fully saturated rings. The summed E-state index contributed by atoms with van der Waals surface area (Å²) in [6.45, 7) is 7.84. The van der Waals surface area contributed by atoms with Gasteiger partial charge in [-0.05, 0) is 45.3 Å². The first-order chi connectivity index (χ1) is 10.6. The number of carboxylic acids is 1. The van der Waals surface area contributed by atoms with Gasteiger partial charge in [0, 0.05) is 17.0 Å². The van der Waals surface area contributed by atoms with Gasteiger partial charge in [0.1, 0.15) is 0 Å². The largest absolute Gasteiger partial charge is 0.491 e. The molecule has 7 heteroatoms. The molecule has 1 aliphatic rings. The Balaban J connectivity index is 2.44. The van der Waals surface area contributed by atoms with Crippen molar-refractivity contribution >= 4 is 37.5 Å². The van der Waals surface area contributed by atoms with Gasteiger partial charge in [0.15, 0.2) is 0 Å². The molecule has 0 radical (unpaired) electrons. The second kappa shape index (κ2) is 6.22. The van der Waals surface area contributed by atoms with Crippen LogP contribution in [0.25, 0.3) is 6.08 Å². The van der Waals surface area contributed by atoms with Crippen molar-refractivity contribution in [2.75, 3.05) is 11.5 Å². The normalized spacial score (nSPS) is 19.9. The molecule has 1 aliphatic heterocycles. The number of aromatic carboxylic acids is 1. The topological polar surface area (TPSA) is 81.8 Å². The fourth-order valence-corrected chi connectivity index (χ4v) is 2.54. The third-order valence-corrected chi connectivity index (χ3v) is 4.80. The van der Waals surface area contributed by atoms with Crippen molar-refractivity contribution in [2.24, 2.45) is 0 Å². The highest BCUT2D eigenvalue weighted by atomic mass is 32.1. The molecule has 1 heterocycles. The zero-order chi connectivity index (χ0) is 17.4. The third-order valence-electron chi connectivity index (χ3n) is 4.44. The van der Waals surface area contributed by atoms with E-state index in [0.717, 1.165) is 5.47 Å². The highest BCUT2D eigenvalue weighted by Gasteiger charge is 2.52. The van der Waals surface area contributed by atoms with Crippen LogP contribution in [-0.2, 0) is 9.31 Å². The van der Waals surface area contributed by atoms with Crippen molar-refractivity contribution < 1.29 is 19.2 Å². The van der Waals surface area contributed by atoms with Gasteiger partial charge in [-0.1, -0.05) is 12.1 Å². The second-order valence-electron chi connectivity index (χ2n) is 6.58. The van der Waals surface area contributed by atoms with Gasteiger partial charge in [0.2, 0.25) is 0 Å². The molecule has 3 N–H and O–H groups in total. The predicted molar refractivity (Wildman–Crippen MR) is 95.7 cm³/mol. The van der Waals surface area contributed by atoms with E-state index >= 15 is 0 Å². The van der Waals surface area contributed by atoms with Crippen LogP contribution < -0.4 is 5.73 Å². The minimum Gasteiger partial charge on any atom is -0.478 e. The van der Waals surface area contributed by atoms with Crippen LogP contribution in [0.1, 0.15) is 43.6 Å². The molecule has 0 amide bonds. The highest BCUT2D eigenvalue weighted by molar-refractivity contribution is 7.80. The smallest absolute Gasteiger partial charge is 0.478 e. The highest BCUT2D eigenvalue weighted by Crippen LogP contribution is 2.39. The quantitative estimate of drug-likeness (QED) is 0.448. The fourth-order valence-electron chi connectivity index (χ4n) is 2.30. The number of anilines is 1. The lowest BCUT2D eigenvalue weighted by molar-refractivity contribution is 0.00578. The van der Waals surface area contributed by atoms with E-state index in [-0.39, 0.29) is 5.56 Å². The van der Waals surface area contributed by atoms with Gasteiger partial charge < -0.3 is 20.1 Å². The van der Waals surface area contributed by atoms with Gasteiger partial charge >= 0.3 is 13.1 Å². The first-order valence-electron chi connectivity index (χ1n) is 7.38. The Morgan fingerprint density at radius 2 is 1.87 bits per heavy atom. The van der Waals surface area contributed by atoms with Crippen LogP contribution in [-0.4, -0.2) is 35.1 Å². The molecule has 0 bridgehead atoms. The maximum absolute atomic E-state index is 11.4. The average Bonchev–Trinajstić information content (AvgIpc) is 2.65. The lowest BCUT2D eigenvalue weighted by Crippen LogP contribution is -2.41. The van der Waals surface area contributed by atoms with E-state index in [9.17, 15) is 9.90 Å². The average molecular weight is 335 g/mol. The summed E-state index contributed by atoms with van der Waals surface area (Å²) in [5, 5.41) is 9.34. The zero-order valence-corrected chi connectivity index (χ0v) is 14.7. The van der Waals surface area contributed by atoms with Crippen LogP contribution in [0.5, 0.6) is 0 Å². The standard InChI is InChI=1S/C16H22BNO4S/c1-15(2)16(3,4)22-17(21-15)10(9-23)8-12-11(14(19)20)6-5-7-13(12)18/h5-8,23H,9,18H2,1-4H3,(H,19,20). The van der Waals surface area contributed by atoms with Crippen molar-refractivity contribution in [2.45, 2.75) is 38.9 Å². The number of hydrogen-bond acceptors (Lipinski definition) is 5. The summed E-state index contributed by atoms with van der Waals surface area (Å²) in [5.41, 5.74) is 6.71. The van der Waals surface area contributed by atoms with Crippen molar-refractivity contribution in [3.8, 4) is 0 Å². The van der Waals surface area contributed by atoms with Crippen LogP contribution in [0.2, 0.25) is 0 Å². The van der Waals surface area contributed by atoms with Crippen LogP contribution in [0, 0.1) is 0 Å². The number of benzene rings is 1. The number of nitrogens with two attached hydrogens (primary N) is 1. The molecule has 1 saturated heterocycles. The summed E-state index contributed by atoms with van der Waals surface area (Å²) >= 11 is 4.34. The van der Waals surface area contributed by atoms with Crippen LogP contribution in [0.4, 0.5) is 5.69 Å². The van der Waals surface area contributed by atoms with Crippen molar-refractivity contribution in [1.82, 2.24) is 0 Å². The summed E-state index contributed by atoms with van der Waals surface area (Å²) in [6, 6.07) is 4.80. The van der Waals surface area contributed by atoms with Crippen LogP contribution in [0.15, 0.2) is 23.7 Å². The van der Waals surface area contributed by atoms with Crippen LogP contribution >= 0.6 is 12.6 Å². The summed E-state index contributed by atoms with van der Waals surface area (Å²) < 4.78 is 12.0. The molecular weight excluding hydrogens is 313 g/mol. The number of carboxylic acid groups (broad SMARTS) is 1. The van der Waals surface area contributed by atoms with Gasteiger partial charge in [-0.25, -0.2) is 4.79 Å². The number of nitrogen functional groups attached to an aromatic ring is 1. The molecule has 0 aliphatic carbocycles. The Hall–Kier alpha value is -1.44. The molecule has 0 aromatic heterocycles. The fraction of sp³-hybridized carbons (Fsp3) is 0.438. The molecule has 2 rings (SSSR count). The number of carbonyl (C=O) groups is 1. The lowest BCUT2D eigenvalue weighted by atomic mass is 9.77. The molecule has 0 spiro atoms. The van der Waals surface area contributed by atoms with E-state index in [1.54, 1.807) is 18.2 Å². The molecule has 0 unspecified atom stereocenters. The van der Waals surface area contributed by atoms with Crippen LogP contribution in [0.3, 0.4) is 0 Å². The van der Waals surface area contributed by atoms with Gasteiger partial charge in [0.25, 0.3) is 0 Å². The lowest BCUT2D eigenvalue weighted by Gasteiger charge is -2.32. The minimum atomic E-state index is -1.03. The van der Waals surface area contributed by atoms with Crippen molar-refractivity contribution in [3.63, 3.8) is 0 Å². The zero-order valence-electron chi connectivity index (χ0n) is 13.8. The van der Waals surface area contributed by atoms with Gasteiger partial charge in [0.05, 0.1) is 16.8 Å². The molecular formula is C16H22BNO4S. The van der Waals surface area contributed by atoms with E-state index in [1.165, 1.54) is 6.07 Å². The SMILES string of the molecule is CC1(C)OB(C(=Cc2c(N)cccc2C(=O)O)CS)OC1(C)C. The maximum Gasteiger partial charge on any atom is 0.491 e. The van der Waals surface area contributed by atoms with E-state index in [2.05, 4.69) is 12.6 Å². The first-order valence-corrected chi connectivity index (χ1v) is 8.01. The van der Waals surface area contributed by atoms with E-state index in [0.29, 0.717) is 17.0 Å². The van der Waals surface area contributed by atoms with Crippen molar-refractivity contribution in [1.29, 1.82) is 0 Å². The Morgan fingerprint density at radius 1 is 1.30 bits per heavy atom. The molecule has 23 heavy (non-hydrogen) atoms. The molecule has 0 atom stereocenters. The van der Waals surface area contributed by atoms with E-state index in [4.69, 9.17) is 15.0 Å². The van der Waals surface area contributed by atoms with E-state index < -0.39 is 24.3 Å². The molecule has 124 valence electrons. The molecule has 0 saturated carbocycles. The van der Waals surface area contributed by atoms with Gasteiger partial charge in [-0.3, -0.25) is 0 Å². The second-order valence-corrected chi connectivity index (χ2v) is 6.90. The van der Waals surface area contributed by atoms with E-state index in [1.807, 2.05) is 27.7 Å². The number of thiol groups is 1. The summed E-state index contributed by atoms with van der Waals surface area (Å²) in [5.74, 6) is -0.666. The summed E-state index contributed by atoms with van der Waals surface area (Å²) in [7, 11) is -0.584. The Kier molecular flexibility index (Phi) is 4.85. The molecule has 1 aromatic rings. The predicted octanol–water partition coefficient (Wildman–Crippen LogP) is 2.91. The number of hydrogen-bond donors (Lipinski definition) is 3. The number of rotatable bonds is 4. The monoisotopic (exact) mass is 335 g/mol. The summed E-state index contributed by atoms with van der Waals surface area (Å²) in [6.07, 6.45) is 1.70. The first kappa shape index (κ1) is 17.9. The van der Waals surface area contributed by atoms with Gasteiger partial charge in [-0.2, -0.15) is 12.6 Å². The minimum absolute atomic E-state index is 0.140. The Labute approximate surface area is 142 Å². The van der Waals surface area contributed by atoms with Crippen molar-refractivity contribution in [3.05, 3.63) is 34.8 Å². The molecule has 1 aromatic carbocycles.